The first-order valence-corrected chi connectivity index (χ1v) is 11.7. The number of anilines is 3. The highest BCUT2D eigenvalue weighted by atomic mass is 16.2. The predicted molar refractivity (Wildman–Crippen MR) is 143 cm³/mol. The summed E-state index contributed by atoms with van der Waals surface area (Å²) < 4.78 is 0. The average molecular weight is 478 g/mol. The third-order valence-corrected chi connectivity index (χ3v) is 5.38. The van der Waals surface area contributed by atoms with Gasteiger partial charge < -0.3 is 16.0 Å². The Morgan fingerprint density at radius 3 is 0.917 bits per heavy atom. The van der Waals surface area contributed by atoms with E-state index in [-0.39, 0.29) is 37.0 Å². The van der Waals surface area contributed by atoms with Gasteiger partial charge in [-0.2, -0.15) is 0 Å². The molecule has 4 aromatic carbocycles. The van der Waals surface area contributed by atoms with Crippen LogP contribution in [0.1, 0.15) is 16.7 Å². The molecule has 6 nitrogen and oxygen atoms in total. The van der Waals surface area contributed by atoms with E-state index in [1.54, 1.807) is 0 Å². The second kappa shape index (κ2) is 12.1. The Hall–Kier alpha value is -4.71. The van der Waals surface area contributed by atoms with Gasteiger partial charge in [-0.1, -0.05) is 72.8 Å². The topological polar surface area (TPSA) is 87.3 Å². The fourth-order valence-electron chi connectivity index (χ4n) is 3.88. The molecule has 0 fully saturated rings. The lowest BCUT2D eigenvalue weighted by Gasteiger charge is -2.12. The molecule has 4 aromatic rings. The van der Waals surface area contributed by atoms with E-state index in [0.29, 0.717) is 17.1 Å². The zero-order valence-corrected chi connectivity index (χ0v) is 19.7. The van der Waals surface area contributed by atoms with Gasteiger partial charge in [-0.15, -0.1) is 0 Å². The molecule has 0 aromatic heterocycles. The summed E-state index contributed by atoms with van der Waals surface area (Å²) in [7, 11) is 0. The van der Waals surface area contributed by atoms with Crippen molar-refractivity contribution in [3.63, 3.8) is 0 Å². The van der Waals surface area contributed by atoms with E-state index in [1.165, 1.54) is 0 Å². The number of carbonyl (C=O) groups is 3. The lowest BCUT2D eigenvalue weighted by atomic mass is 9.99. The van der Waals surface area contributed by atoms with Crippen molar-refractivity contribution in [2.45, 2.75) is 19.3 Å². The van der Waals surface area contributed by atoms with Gasteiger partial charge in [0.2, 0.25) is 17.7 Å². The first kappa shape index (κ1) is 24.4. The van der Waals surface area contributed by atoms with Crippen LogP contribution in [-0.4, -0.2) is 17.7 Å². The van der Waals surface area contributed by atoms with Crippen LogP contribution in [0.25, 0.3) is 0 Å². The van der Waals surface area contributed by atoms with Crippen molar-refractivity contribution in [1.82, 2.24) is 0 Å². The number of nitrogens with one attached hydrogen (secondary N) is 3. The van der Waals surface area contributed by atoms with Crippen molar-refractivity contribution in [2.75, 3.05) is 16.0 Å². The van der Waals surface area contributed by atoms with Crippen LogP contribution in [0.3, 0.4) is 0 Å². The van der Waals surface area contributed by atoms with Crippen molar-refractivity contribution in [3.05, 3.63) is 126 Å². The number of hydrogen-bond acceptors (Lipinski definition) is 3. The van der Waals surface area contributed by atoms with Gasteiger partial charge in [-0.25, -0.2) is 0 Å². The molecule has 3 amide bonds. The number of amides is 3. The van der Waals surface area contributed by atoms with Gasteiger partial charge in [-0.3, -0.25) is 14.4 Å². The Labute approximate surface area is 210 Å². The maximum absolute atomic E-state index is 12.7. The Morgan fingerprint density at radius 1 is 0.417 bits per heavy atom. The molecule has 36 heavy (non-hydrogen) atoms. The van der Waals surface area contributed by atoms with E-state index in [2.05, 4.69) is 16.0 Å². The molecule has 4 rings (SSSR count). The van der Waals surface area contributed by atoms with Gasteiger partial charge in [-0.05, 0) is 53.1 Å². The van der Waals surface area contributed by atoms with Crippen molar-refractivity contribution in [1.29, 1.82) is 0 Å². The second-order valence-electron chi connectivity index (χ2n) is 8.43. The maximum atomic E-state index is 12.7. The molecule has 0 aliphatic carbocycles. The van der Waals surface area contributed by atoms with E-state index in [0.717, 1.165) is 16.7 Å². The summed E-state index contributed by atoms with van der Waals surface area (Å²) in [5.74, 6) is -0.523. The fraction of sp³-hybridized carbons (Fsp3) is 0.100. The van der Waals surface area contributed by atoms with Crippen LogP contribution < -0.4 is 16.0 Å². The van der Waals surface area contributed by atoms with Crippen LogP contribution in [0.15, 0.2) is 109 Å². The molecular weight excluding hydrogens is 450 g/mol. The summed E-state index contributed by atoms with van der Waals surface area (Å²) in [4.78, 5) is 38.0. The van der Waals surface area contributed by atoms with Gasteiger partial charge in [0.15, 0.2) is 0 Å². The molecular formula is C30H27N3O3. The summed E-state index contributed by atoms with van der Waals surface area (Å²) in [6.07, 6.45) is 0.364. The quantitative estimate of drug-likeness (QED) is 0.308. The van der Waals surface area contributed by atoms with Crippen LogP contribution in [0, 0.1) is 0 Å². The SMILES string of the molecule is O=C(Cc1cc(CC(=O)Nc2ccccc2)cc(CC(=O)Nc2ccccc2)c1)Nc1ccccc1. The Morgan fingerprint density at radius 2 is 0.667 bits per heavy atom. The van der Waals surface area contributed by atoms with Crippen LogP contribution in [-0.2, 0) is 33.6 Å². The van der Waals surface area contributed by atoms with Gasteiger partial charge in [0.05, 0.1) is 19.3 Å². The van der Waals surface area contributed by atoms with E-state index >= 15 is 0 Å². The third kappa shape index (κ3) is 7.67. The van der Waals surface area contributed by atoms with Crippen LogP contribution in [0.4, 0.5) is 17.1 Å². The minimum Gasteiger partial charge on any atom is -0.326 e. The first-order valence-electron chi connectivity index (χ1n) is 11.7. The van der Waals surface area contributed by atoms with Gasteiger partial charge in [0.25, 0.3) is 0 Å². The predicted octanol–water partition coefficient (Wildman–Crippen LogP) is 5.23. The molecule has 6 heteroatoms. The van der Waals surface area contributed by atoms with Crippen LogP contribution in [0.2, 0.25) is 0 Å². The molecule has 180 valence electrons. The number of carbonyl (C=O) groups excluding carboxylic acids is 3. The first-order chi connectivity index (χ1) is 17.5. The minimum atomic E-state index is -0.174. The number of rotatable bonds is 9. The molecule has 3 N–H and O–H groups in total. The summed E-state index contributed by atoms with van der Waals surface area (Å²) in [5, 5.41) is 8.64. The standard InChI is InChI=1S/C30H27N3O3/c34-28(31-25-10-4-1-5-11-25)19-22-16-23(20-29(35)32-26-12-6-2-7-13-26)18-24(17-22)21-30(36)33-27-14-8-3-9-15-27/h1-18H,19-21H2,(H,31,34)(H,32,35)(H,33,36). The summed E-state index contributed by atoms with van der Waals surface area (Å²) in [6.45, 7) is 0. The Balaban J connectivity index is 1.49. The van der Waals surface area contributed by atoms with E-state index < -0.39 is 0 Å². The zero-order chi connectivity index (χ0) is 25.2. The molecule has 0 heterocycles. The molecule has 0 spiro atoms. The molecule has 0 atom stereocenters. The van der Waals surface area contributed by atoms with Crippen molar-refractivity contribution in [2.24, 2.45) is 0 Å². The van der Waals surface area contributed by atoms with E-state index in [4.69, 9.17) is 0 Å². The van der Waals surface area contributed by atoms with Gasteiger partial charge in [0.1, 0.15) is 0 Å². The largest absolute Gasteiger partial charge is 0.326 e. The minimum absolute atomic E-state index is 0.121. The van der Waals surface area contributed by atoms with Crippen LogP contribution >= 0.6 is 0 Å². The summed E-state index contributed by atoms with van der Waals surface area (Å²) in [5.41, 5.74) is 4.33. The molecule has 0 unspecified atom stereocenters. The Bertz CT molecular complexity index is 1150. The molecule has 0 bridgehead atoms. The van der Waals surface area contributed by atoms with Crippen molar-refractivity contribution < 1.29 is 14.4 Å². The van der Waals surface area contributed by atoms with E-state index in [1.807, 2.05) is 109 Å². The highest BCUT2D eigenvalue weighted by Crippen LogP contribution is 2.16. The smallest absolute Gasteiger partial charge is 0.228 e. The monoisotopic (exact) mass is 477 g/mol. The number of hydrogen-bond donors (Lipinski definition) is 3. The van der Waals surface area contributed by atoms with Gasteiger partial charge in [0, 0.05) is 17.1 Å². The molecule has 0 aliphatic rings. The normalized spacial score (nSPS) is 10.3. The summed E-state index contributed by atoms with van der Waals surface area (Å²) in [6, 6.07) is 33.2. The van der Waals surface area contributed by atoms with Crippen molar-refractivity contribution in [3.8, 4) is 0 Å². The van der Waals surface area contributed by atoms with Crippen molar-refractivity contribution >= 4 is 34.8 Å². The number of benzene rings is 4. The lowest BCUT2D eigenvalue weighted by molar-refractivity contribution is -0.116. The average Bonchev–Trinajstić information content (AvgIpc) is 2.85. The molecule has 0 radical (unpaired) electrons. The van der Waals surface area contributed by atoms with Gasteiger partial charge >= 0.3 is 0 Å². The highest BCUT2D eigenvalue weighted by Gasteiger charge is 2.12. The van der Waals surface area contributed by atoms with E-state index in [9.17, 15) is 14.4 Å². The maximum Gasteiger partial charge on any atom is 0.228 e. The molecule has 0 aliphatic heterocycles. The Kier molecular flexibility index (Phi) is 8.22. The second-order valence-corrected chi connectivity index (χ2v) is 8.43. The lowest BCUT2D eigenvalue weighted by Crippen LogP contribution is -2.18. The number of para-hydroxylation sites is 3. The molecule has 0 saturated heterocycles. The molecule has 0 saturated carbocycles. The zero-order valence-electron chi connectivity index (χ0n) is 19.7. The third-order valence-electron chi connectivity index (χ3n) is 5.38. The fourth-order valence-corrected chi connectivity index (χ4v) is 3.88. The summed E-state index contributed by atoms with van der Waals surface area (Å²) >= 11 is 0. The highest BCUT2D eigenvalue weighted by molar-refractivity contribution is 5.94. The van der Waals surface area contributed by atoms with Crippen LogP contribution in [0.5, 0.6) is 0 Å².